The lowest BCUT2D eigenvalue weighted by molar-refractivity contribution is -0.0104. The van der Waals surface area contributed by atoms with Crippen LogP contribution in [-0.2, 0) is 4.74 Å². The first kappa shape index (κ1) is 17.6. The zero-order valence-electron chi connectivity index (χ0n) is 13.2. The lowest BCUT2D eigenvalue weighted by atomic mass is 10.0. The van der Waals surface area contributed by atoms with Crippen LogP contribution in [0.5, 0.6) is 5.88 Å². The van der Waals surface area contributed by atoms with Crippen molar-refractivity contribution >= 4 is 17.5 Å². The number of carbonyl (C=O) groups excluding carboxylic acids is 1. The Morgan fingerprint density at radius 2 is 2.28 bits per heavy atom. The zero-order valence-corrected chi connectivity index (χ0v) is 14.0. The highest BCUT2D eigenvalue weighted by atomic mass is 35.5. The summed E-state index contributed by atoms with van der Waals surface area (Å²) < 4.78 is 25.6. The molecule has 2 aromatic rings. The normalized spacial score (nSPS) is 20.7. The van der Waals surface area contributed by atoms with E-state index in [-0.39, 0.29) is 16.5 Å². The molecule has 1 aromatic carbocycles. The first-order chi connectivity index (χ1) is 12.1. The minimum atomic E-state index is -0.639. The first-order valence-electron chi connectivity index (χ1n) is 7.75. The summed E-state index contributed by atoms with van der Waals surface area (Å²) >= 11 is 5.75. The van der Waals surface area contributed by atoms with Gasteiger partial charge in [0.2, 0.25) is 5.88 Å². The maximum atomic E-state index is 13.8. The molecule has 0 spiro atoms. The second kappa shape index (κ2) is 7.77. The number of aromatic nitrogens is 1. The predicted molar refractivity (Wildman–Crippen MR) is 90.1 cm³/mol. The summed E-state index contributed by atoms with van der Waals surface area (Å²) in [6.45, 7) is 1.49. The van der Waals surface area contributed by atoms with Crippen LogP contribution >= 0.6 is 11.6 Å². The maximum absolute atomic E-state index is 13.8. The molecule has 3 N–H and O–H groups in total. The van der Waals surface area contributed by atoms with Crippen LogP contribution in [0.1, 0.15) is 22.0 Å². The predicted octanol–water partition coefficient (Wildman–Crippen LogP) is 2.08. The second-order valence-electron chi connectivity index (χ2n) is 5.55. The fourth-order valence-corrected chi connectivity index (χ4v) is 2.75. The molecule has 1 aromatic heterocycles. The van der Waals surface area contributed by atoms with Gasteiger partial charge in [0.25, 0.3) is 5.91 Å². The number of nitrogens with zero attached hydrogens (tertiary/aromatic N) is 1. The minimum Gasteiger partial charge on any atom is -0.469 e. The van der Waals surface area contributed by atoms with Gasteiger partial charge in [0.05, 0.1) is 11.6 Å². The van der Waals surface area contributed by atoms with Crippen molar-refractivity contribution in [2.75, 3.05) is 19.7 Å². The molecular weight excluding hydrogens is 349 g/mol. The van der Waals surface area contributed by atoms with E-state index in [9.17, 15) is 9.18 Å². The van der Waals surface area contributed by atoms with Crippen LogP contribution in [0.4, 0.5) is 4.39 Å². The van der Waals surface area contributed by atoms with Gasteiger partial charge in [0.15, 0.2) is 0 Å². The number of benzene rings is 1. The van der Waals surface area contributed by atoms with Crippen molar-refractivity contribution in [3.63, 3.8) is 0 Å². The summed E-state index contributed by atoms with van der Waals surface area (Å²) in [5.74, 6) is -1.05. The molecule has 1 fully saturated rings. The zero-order chi connectivity index (χ0) is 17.8. The molecule has 2 unspecified atom stereocenters. The van der Waals surface area contributed by atoms with E-state index in [2.05, 4.69) is 10.3 Å². The summed E-state index contributed by atoms with van der Waals surface area (Å²) in [6.07, 6.45) is 0.421. The Hall–Kier alpha value is -2.22. The molecule has 0 saturated carbocycles. The van der Waals surface area contributed by atoms with Crippen LogP contribution < -0.4 is 15.8 Å². The number of pyridine rings is 1. The molecule has 2 heterocycles. The van der Waals surface area contributed by atoms with Crippen molar-refractivity contribution in [1.82, 2.24) is 10.3 Å². The highest BCUT2D eigenvalue weighted by Crippen LogP contribution is 2.29. The summed E-state index contributed by atoms with van der Waals surface area (Å²) in [5, 5.41) is 3.21. The topological polar surface area (TPSA) is 86.5 Å². The van der Waals surface area contributed by atoms with Crippen molar-refractivity contribution in [2.24, 2.45) is 5.73 Å². The largest absolute Gasteiger partial charge is 0.469 e. The van der Waals surface area contributed by atoms with E-state index in [1.807, 2.05) is 0 Å². The molecule has 132 valence electrons. The average Bonchev–Trinajstić information content (AvgIpc) is 2.83. The van der Waals surface area contributed by atoms with Crippen LogP contribution in [0.25, 0.3) is 0 Å². The number of hydrogen-bond donors (Lipinski definition) is 2. The van der Waals surface area contributed by atoms with E-state index >= 15 is 0 Å². The molecule has 1 aliphatic heterocycles. The van der Waals surface area contributed by atoms with Crippen molar-refractivity contribution in [2.45, 2.75) is 12.2 Å². The molecule has 0 aliphatic carbocycles. The maximum Gasteiger partial charge on any atom is 0.254 e. The second-order valence-corrected chi connectivity index (χ2v) is 5.95. The van der Waals surface area contributed by atoms with Gasteiger partial charge in [-0.25, -0.2) is 9.37 Å². The number of amides is 1. The standard InChI is InChI=1S/C17H17ClFN3O3/c18-12-4-3-10(8-13(12)19)15-14(9-21-6-7-24-15)25-17-11(16(20)23)2-1-5-22-17/h1-5,8,14-15,21H,6-7,9H2,(H2,20,23). The summed E-state index contributed by atoms with van der Waals surface area (Å²) in [7, 11) is 0. The van der Waals surface area contributed by atoms with E-state index < -0.39 is 23.9 Å². The Kier molecular flexibility index (Phi) is 5.47. The summed E-state index contributed by atoms with van der Waals surface area (Å²) in [5.41, 5.74) is 6.13. The third-order valence-corrected chi connectivity index (χ3v) is 4.14. The lowest BCUT2D eigenvalue weighted by Crippen LogP contribution is -2.35. The van der Waals surface area contributed by atoms with Crippen LogP contribution in [0.2, 0.25) is 5.02 Å². The Labute approximate surface area is 149 Å². The third kappa shape index (κ3) is 4.07. The molecule has 6 nitrogen and oxygen atoms in total. The minimum absolute atomic E-state index is 0.0358. The molecule has 1 amide bonds. The Bertz CT molecular complexity index is 775. The highest BCUT2D eigenvalue weighted by Gasteiger charge is 2.30. The number of ether oxygens (including phenoxy) is 2. The SMILES string of the molecule is NC(=O)c1cccnc1OC1CNCCOC1c1ccc(Cl)c(F)c1. The number of nitrogens with two attached hydrogens (primary N) is 1. The highest BCUT2D eigenvalue weighted by molar-refractivity contribution is 6.30. The molecule has 0 bridgehead atoms. The van der Waals surface area contributed by atoms with Crippen LogP contribution in [0.15, 0.2) is 36.5 Å². The van der Waals surface area contributed by atoms with Crippen molar-refractivity contribution in [3.8, 4) is 5.88 Å². The van der Waals surface area contributed by atoms with Crippen molar-refractivity contribution in [1.29, 1.82) is 0 Å². The number of hydrogen-bond acceptors (Lipinski definition) is 5. The average molecular weight is 366 g/mol. The van der Waals surface area contributed by atoms with Gasteiger partial charge in [0.1, 0.15) is 23.6 Å². The Balaban J connectivity index is 1.91. The van der Waals surface area contributed by atoms with Crippen LogP contribution in [0, 0.1) is 5.82 Å². The third-order valence-electron chi connectivity index (χ3n) is 3.83. The van der Waals surface area contributed by atoms with Gasteiger partial charge < -0.3 is 20.5 Å². The number of nitrogens with one attached hydrogen (secondary N) is 1. The van der Waals surface area contributed by atoms with Gasteiger partial charge in [0, 0.05) is 19.3 Å². The molecule has 2 atom stereocenters. The fraction of sp³-hybridized carbons (Fsp3) is 0.294. The summed E-state index contributed by atoms with van der Waals surface area (Å²) in [6, 6.07) is 7.61. The van der Waals surface area contributed by atoms with E-state index in [1.54, 1.807) is 12.1 Å². The van der Waals surface area contributed by atoms with Gasteiger partial charge in [-0.1, -0.05) is 17.7 Å². The molecule has 8 heteroatoms. The number of primary amides is 1. The fourth-order valence-electron chi connectivity index (χ4n) is 2.64. The van der Waals surface area contributed by atoms with Gasteiger partial charge in [-0.3, -0.25) is 4.79 Å². The molecular formula is C17H17ClFN3O3. The van der Waals surface area contributed by atoms with E-state index in [0.29, 0.717) is 25.3 Å². The van der Waals surface area contributed by atoms with Crippen molar-refractivity contribution < 1.29 is 18.7 Å². The molecule has 1 saturated heterocycles. The van der Waals surface area contributed by atoms with E-state index in [4.69, 9.17) is 26.8 Å². The molecule has 1 aliphatic rings. The lowest BCUT2D eigenvalue weighted by Gasteiger charge is -2.26. The van der Waals surface area contributed by atoms with Crippen LogP contribution in [0.3, 0.4) is 0 Å². The van der Waals surface area contributed by atoms with E-state index in [1.165, 1.54) is 24.4 Å². The summed E-state index contributed by atoms with van der Waals surface area (Å²) in [4.78, 5) is 15.6. The van der Waals surface area contributed by atoms with E-state index in [0.717, 1.165) is 0 Å². The number of halogens is 2. The van der Waals surface area contributed by atoms with Gasteiger partial charge in [-0.15, -0.1) is 0 Å². The Morgan fingerprint density at radius 1 is 1.44 bits per heavy atom. The van der Waals surface area contributed by atoms with Gasteiger partial charge in [-0.2, -0.15) is 0 Å². The van der Waals surface area contributed by atoms with Gasteiger partial charge >= 0.3 is 0 Å². The smallest absolute Gasteiger partial charge is 0.254 e. The van der Waals surface area contributed by atoms with Gasteiger partial charge in [-0.05, 0) is 29.8 Å². The quantitative estimate of drug-likeness (QED) is 0.866. The van der Waals surface area contributed by atoms with Crippen molar-refractivity contribution in [3.05, 3.63) is 58.5 Å². The molecule has 3 rings (SSSR count). The number of rotatable bonds is 4. The molecule has 0 radical (unpaired) electrons. The number of carbonyl (C=O) groups is 1. The Morgan fingerprint density at radius 3 is 3.04 bits per heavy atom. The first-order valence-corrected chi connectivity index (χ1v) is 8.13. The monoisotopic (exact) mass is 365 g/mol. The molecule has 25 heavy (non-hydrogen) atoms. The van der Waals surface area contributed by atoms with Crippen LogP contribution in [-0.4, -0.2) is 36.7 Å².